The summed E-state index contributed by atoms with van der Waals surface area (Å²) in [5.41, 5.74) is 0. The predicted molar refractivity (Wildman–Crippen MR) is 40.5 cm³/mol. The Balaban J connectivity index is 2.11. The highest BCUT2D eigenvalue weighted by molar-refractivity contribution is 4.84. The minimum absolute atomic E-state index is 0.852. The van der Waals surface area contributed by atoms with Crippen molar-refractivity contribution < 1.29 is 0 Å². The summed E-state index contributed by atoms with van der Waals surface area (Å²) in [6.45, 7) is 2.27. The van der Waals surface area contributed by atoms with Crippen molar-refractivity contribution in [1.29, 1.82) is 0 Å². The highest BCUT2D eigenvalue weighted by Crippen LogP contribution is 2.30. The van der Waals surface area contributed by atoms with Gasteiger partial charge >= 0.3 is 0 Å². The van der Waals surface area contributed by atoms with E-state index in [0.29, 0.717) is 0 Å². The number of hydrogen-bond acceptors (Lipinski definition) is 1. The Hall–Kier alpha value is -0.0400. The highest BCUT2D eigenvalue weighted by Gasteiger charge is 2.27. The fourth-order valence-corrected chi connectivity index (χ4v) is 1.67. The van der Waals surface area contributed by atoms with Gasteiger partial charge in [-0.15, -0.1) is 0 Å². The zero-order chi connectivity index (χ0) is 6.69. The van der Waals surface area contributed by atoms with Crippen molar-refractivity contribution in [3.8, 4) is 0 Å². The summed E-state index contributed by atoms with van der Waals surface area (Å²) in [5.74, 6) is 1.000. The lowest BCUT2D eigenvalue weighted by Crippen LogP contribution is -2.41. The van der Waals surface area contributed by atoms with Crippen LogP contribution in [0.1, 0.15) is 32.6 Å². The lowest BCUT2D eigenvalue weighted by Gasteiger charge is -2.36. The quantitative estimate of drug-likeness (QED) is 0.609. The molecule has 0 aromatic carbocycles. The maximum atomic E-state index is 3.34. The molecule has 0 spiro atoms. The minimum Gasteiger partial charge on any atom is -0.317 e. The van der Waals surface area contributed by atoms with E-state index in [1.165, 1.54) is 25.7 Å². The molecule has 54 valence electrons. The normalized spacial score (nSPS) is 34.0. The first kappa shape index (κ1) is 7.07. The third kappa shape index (κ3) is 1.45. The first-order valence-electron chi connectivity index (χ1n) is 4.05. The van der Waals surface area contributed by atoms with E-state index in [0.717, 1.165) is 12.0 Å². The van der Waals surface area contributed by atoms with Crippen LogP contribution in [0.25, 0.3) is 0 Å². The molecule has 2 atom stereocenters. The molecule has 1 N–H and O–H groups in total. The van der Waals surface area contributed by atoms with E-state index in [2.05, 4.69) is 19.3 Å². The molecular formula is C8H17N. The molecule has 0 saturated heterocycles. The molecule has 1 heteroatoms. The largest absolute Gasteiger partial charge is 0.317 e. The molecule has 0 radical (unpaired) electrons. The van der Waals surface area contributed by atoms with Gasteiger partial charge in [0, 0.05) is 6.04 Å². The van der Waals surface area contributed by atoms with Gasteiger partial charge in [0.05, 0.1) is 0 Å². The van der Waals surface area contributed by atoms with Crippen molar-refractivity contribution in [2.75, 3.05) is 7.05 Å². The van der Waals surface area contributed by atoms with E-state index >= 15 is 0 Å². The van der Waals surface area contributed by atoms with Gasteiger partial charge in [-0.2, -0.15) is 0 Å². The first-order chi connectivity index (χ1) is 4.38. The van der Waals surface area contributed by atoms with Crippen molar-refractivity contribution in [3.63, 3.8) is 0 Å². The molecule has 1 rings (SSSR count). The summed E-state index contributed by atoms with van der Waals surface area (Å²) in [6.07, 6.45) is 5.63. The van der Waals surface area contributed by atoms with Crippen molar-refractivity contribution in [2.24, 2.45) is 5.92 Å². The molecule has 1 aliphatic rings. The van der Waals surface area contributed by atoms with Crippen LogP contribution >= 0.6 is 0 Å². The summed E-state index contributed by atoms with van der Waals surface area (Å²) < 4.78 is 0. The Morgan fingerprint density at radius 1 is 1.44 bits per heavy atom. The van der Waals surface area contributed by atoms with Crippen LogP contribution in [0.2, 0.25) is 0 Å². The molecule has 0 aromatic heterocycles. The van der Waals surface area contributed by atoms with Gasteiger partial charge in [0.15, 0.2) is 0 Å². The van der Waals surface area contributed by atoms with Crippen LogP contribution in [0.4, 0.5) is 0 Å². The SMILES string of the molecule is CCC[C@H]1CC[C@H]1NC. The smallest absolute Gasteiger partial charge is 0.00924 e. The fourth-order valence-electron chi connectivity index (χ4n) is 1.67. The summed E-state index contributed by atoms with van der Waals surface area (Å²) in [7, 11) is 2.08. The molecule has 1 aliphatic carbocycles. The van der Waals surface area contributed by atoms with Gasteiger partial charge in [0.25, 0.3) is 0 Å². The minimum atomic E-state index is 0.852. The summed E-state index contributed by atoms with van der Waals surface area (Å²) in [4.78, 5) is 0. The van der Waals surface area contributed by atoms with Gasteiger partial charge in [-0.1, -0.05) is 13.3 Å². The standard InChI is InChI=1S/C8H17N/c1-3-4-7-5-6-8(7)9-2/h7-9H,3-6H2,1-2H3/t7-,8+/m0/s1. The van der Waals surface area contributed by atoms with Crippen LogP contribution in [0.15, 0.2) is 0 Å². The molecule has 1 nitrogen and oxygen atoms in total. The predicted octanol–water partition coefficient (Wildman–Crippen LogP) is 1.78. The van der Waals surface area contributed by atoms with Gasteiger partial charge in [0.1, 0.15) is 0 Å². The van der Waals surface area contributed by atoms with E-state index < -0.39 is 0 Å². The second kappa shape index (κ2) is 3.21. The number of nitrogens with one attached hydrogen (secondary N) is 1. The second-order valence-corrected chi connectivity index (χ2v) is 3.02. The van der Waals surface area contributed by atoms with Crippen LogP contribution in [-0.2, 0) is 0 Å². The maximum Gasteiger partial charge on any atom is 0.00924 e. The molecule has 0 unspecified atom stereocenters. The van der Waals surface area contributed by atoms with E-state index in [9.17, 15) is 0 Å². The van der Waals surface area contributed by atoms with Crippen LogP contribution in [0.5, 0.6) is 0 Å². The summed E-state index contributed by atoms with van der Waals surface area (Å²) >= 11 is 0. The lowest BCUT2D eigenvalue weighted by molar-refractivity contribution is 0.206. The van der Waals surface area contributed by atoms with Gasteiger partial charge in [-0.05, 0) is 32.2 Å². The molecule has 0 heterocycles. The van der Waals surface area contributed by atoms with Gasteiger partial charge in [-0.25, -0.2) is 0 Å². The Kier molecular flexibility index (Phi) is 2.52. The highest BCUT2D eigenvalue weighted by atomic mass is 14.9. The molecular weight excluding hydrogens is 110 g/mol. The molecule has 0 amide bonds. The summed E-state index contributed by atoms with van der Waals surface area (Å²) in [5, 5.41) is 3.34. The van der Waals surface area contributed by atoms with Gasteiger partial charge in [0.2, 0.25) is 0 Å². The summed E-state index contributed by atoms with van der Waals surface area (Å²) in [6, 6.07) is 0.852. The van der Waals surface area contributed by atoms with Crippen LogP contribution < -0.4 is 5.32 Å². The Morgan fingerprint density at radius 3 is 2.56 bits per heavy atom. The van der Waals surface area contributed by atoms with Crippen LogP contribution in [0, 0.1) is 5.92 Å². The molecule has 9 heavy (non-hydrogen) atoms. The zero-order valence-corrected chi connectivity index (χ0v) is 6.48. The van der Waals surface area contributed by atoms with E-state index in [1.54, 1.807) is 0 Å². The lowest BCUT2D eigenvalue weighted by atomic mass is 9.77. The van der Waals surface area contributed by atoms with Gasteiger partial charge < -0.3 is 5.32 Å². The van der Waals surface area contributed by atoms with E-state index in [4.69, 9.17) is 0 Å². The van der Waals surface area contributed by atoms with Crippen LogP contribution in [0.3, 0.4) is 0 Å². The Labute approximate surface area is 57.8 Å². The van der Waals surface area contributed by atoms with Crippen molar-refractivity contribution in [1.82, 2.24) is 5.32 Å². The van der Waals surface area contributed by atoms with Crippen molar-refractivity contribution >= 4 is 0 Å². The monoisotopic (exact) mass is 127 g/mol. The molecule has 0 aliphatic heterocycles. The Bertz CT molecular complexity index is 78.6. The first-order valence-corrected chi connectivity index (χ1v) is 4.05. The van der Waals surface area contributed by atoms with E-state index in [-0.39, 0.29) is 0 Å². The second-order valence-electron chi connectivity index (χ2n) is 3.02. The zero-order valence-electron chi connectivity index (χ0n) is 6.48. The number of rotatable bonds is 3. The van der Waals surface area contributed by atoms with Crippen molar-refractivity contribution in [3.05, 3.63) is 0 Å². The molecule has 0 aromatic rings. The number of hydrogen-bond donors (Lipinski definition) is 1. The molecule has 0 bridgehead atoms. The molecule has 1 saturated carbocycles. The third-order valence-electron chi connectivity index (χ3n) is 2.45. The average molecular weight is 127 g/mol. The van der Waals surface area contributed by atoms with Crippen LogP contribution in [-0.4, -0.2) is 13.1 Å². The van der Waals surface area contributed by atoms with E-state index in [1.807, 2.05) is 0 Å². The Morgan fingerprint density at radius 2 is 2.22 bits per heavy atom. The van der Waals surface area contributed by atoms with Gasteiger partial charge in [-0.3, -0.25) is 0 Å². The molecule has 1 fully saturated rings. The fraction of sp³-hybridized carbons (Fsp3) is 1.00. The average Bonchev–Trinajstić information content (AvgIpc) is 1.82. The maximum absolute atomic E-state index is 3.34. The topological polar surface area (TPSA) is 12.0 Å². The van der Waals surface area contributed by atoms with Crippen molar-refractivity contribution in [2.45, 2.75) is 38.6 Å². The third-order valence-corrected chi connectivity index (χ3v) is 2.45.